The summed E-state index contributed by atoms with van der Waals surface area (Å²) < 4.78 is 0. The molecule has 0 amide bonds. The number of benzene rings is 1. The number of carbonyl (C=O) groups is 1. The molecule has 1 aromatic carbocycles. The molecule has 1 heterocycles. The predicted octanol–water partition coefficient (Wildman–Crippen LogP) is 3.66. The molecular weight excluding hydrogens is 210 g/mol. The Bertz CT molecular complexity index is 400. The molecule has 0 fully saturated rings. The molecular formula is C15H21NO. The molecule has 0 saturated carbocycles. The van der Waals surface area contributed by atoms with Crippen LogP contribution in [-0.2, 0) is 0 Å². The number of carbonyl (C=O) groups excluding carboxylic acids is 1. The third-order valence-electron chi connectivity index (χ3n) is 3.69. The fraction of sp³-hybridized carbons (Fsp3) is 0.533. The monoisotopic (exact) mass is 231 g/mol. The summed E-state index contributed by atoms with van der Waals surface area (Å²) in [5, 5.41) is 0. The average molecular weight is 231 g/mol. The Hall–Kier alpha value is -1.31. The van der Waals surface area contributed by atoms with Gasteiger partial charge >= 0.3 is 0 Å². The van der Waals surface area contributed by atoms with Gasteiger partial charge in [-0.2, -0.15) is 0 Å². The molecule has 2 nitrogen and oxygen atoms in total. The first-order valence-electron chi connectivity index (χ1n) is 6.59. The van der Waals surface area contributed by atoms with Crippen LogP contribution in [0.25, 0.3) is 0 Å². The van der Waals surface area contributed by atoms with E-state index in [2.05, 4.69) is 24.9 Å². The van der Waals surface area contributed by atoms with Crippen LogP contribution < -0.4 is 4.90 Å². The van der Waals surface area contributed by atoms with Gasteiger partial charge in [0, 0.05) is 30.8 Å². The summed E-state index contributed by atoms with van der Waals surface area (Å²) in [7, 11) is 2.11. The van der Waals surface area contributed by atoms with Crippen LogP contribution in [0.3, 0.4) is 0 Å². The maximum absolute atomic E-state index is 12.0. The van der Waals surface area contributed by atoms with Gasteiger partial charge in [0.05, 0.1) is 0 Å². The first kappa shape index (κ1) is 12.2. The van der Waals surface area contributed by atoms with Gasteiger partial charge in [0.15, 0.2) is 5.78 Å². The van der Waals surface area contributed by atoms with Crippen molar-refractivity contribution in [3.8, 4) is 0 Å². The van der Waals surface area contributed by atoms with E-state index in [1.165, 1.54) is 19.3 Å². The number of hydrogen-bond acceptors (Lipinski definition) is 2. The summed E-state index contributed by atoms with van der Waals surface area (Å²) in [6, 6.07) is 8.35. The van der Waals surface area contributed by atoms with E-state index < -0.39 is 0 Å². The second-order valence-electron chi connectivity index (χ2n) is 4.90. The molecule has 0 N–H and O–H groups in total. The van der Waals surface area contributed by atoms with Crippen molar-refractivity contribution in [2.24, 2.45) is 0 Å². The summed E-state index contributed by atoms with van der Waals surface area (Å²) in [5.41, 5.74) is 1.99. The SMILES string of the molecule is CCCCC[C@H]1CC(=O)c2ccccc2N1C. The van der Waals surface area contributed by atoms with Crippen molar-refractivity contribution in [1.82, 2.24) is 0 Å². The van der Waals surface area contributed by atoms with Crippen molar-refractivity contribution in [3.63, 3.8) is 0 Å². The van der Waals surface area contributed by atoms with Crippen molar-refractivity contribution >= 4 is 11.5 Å². The molecule has 0 aliphatic carbocycles. The lowest BCUT2D eigenvalue weighted by atomic mass is 9.92. The minimum Gasteiger partial charge on any atom is -0.371 e. The quantitative estimate of drug-likeness (QED) is 0.737. The Labute approximate surface area is 104 Å². The van der Waals surface area contributed by atoms with Gasteiger partial charge < -0.3 is 4.90 Å². The smallest absolute Gasteiger partial charge is 0.167 e. The van der Waals surface area contributed by atoms with E-state index in [0.29, 0.717) is 18.2 Å². The Balaban J connectivity index is 2.12. The molecule has 1 aliphatic heterocycles. The molecule has 0 spiro atoms. The van der Waals surface area contributed by atoms with E-state index in [9.17, 15) is 4.79 Å². The van der Waals surface area contributed by atoms with Gasteiger partial charge in [-0.3, -0.25) is 4.79 Å². The number of fused-ring (bicyclic) bond motifs is 1. The van der Waals surface area contributed by atoms with Crippen LogP contribution in [0.5, 0.6) is 0 Å². The van der Waals surface area contributed by atoms with E-state index in [4.69, 9.17) is 0 Å². The molecule has 17 heavy (non-hydrogen) atoms. The van der Waals surface area contributed by atoms with Crippen molar-refractivity contribution in [3.05, 3.63) is 29.8 Å². The largest absolute Gasteiger partial charge is 0.371 e. The molecule has 2 heteroatoms. The normalized spacial score (nSPS) is 19.3. The first-order valence-corrected chi connectivity index (χ1v) is 6.59. The van der Waals surface area contributed by atoms with Gasteiger partial charge in [0.25, 0.3) is 0 Å². The fourth-order valence-corrected chi connectivity index (χ4v) is 2.60. The zero-order valence-corrected chi connectivity index (χ0v) is 10.8. The highest BCUT2D eigenvalue weighted by molar-refractivity contribution is 6.03. The van der Waals surface area contributed by atoms with Gasteiger partial charge in [0.1, 0.15) is 0 Å². The molecule has 0 aromatic heterocycles. The Morgan fingerprint density at radius 3 is 2.82 bits per heavy atom. The number of rotatable bonds is 4. The number of ketones is 1. The van der Waals surface area contributed by atoms with E-state index in [0.717, 1.165) is 17.7 Å². The highest BCUT2D eigenvalue weighted by Crippen LogP contribution is 2.31. The maximum atomic E-state index is 12.0. The molecule has 1 aromatic rings. The number of hydrogen-bond donors (Lipinski definition) is 0. The van der Waals surface area contributed by atoms with Crippen molar-refractivity contribution < 1.29 is 4.79 Å². The van der Waals surface area contributed by atoms with E-state index in [-0.39, 0.29) is 0 Å². The summed E-state index contributed by atoms with van der Waals surface area (Å²) in [5.74, 6) is 0.306. The Morgan fingerprint density at radius 2 is 2.06 bits per heavy atom. The molecule has 1 atom stereocenters. The second kappa shape index (κ2) is 5.35. The van der Waals surface area contributed by atoms with Gasteiger partial charge in [-0.05, 0) is 18.6 Å². The summed E-state index contributed by atoms with van der Waals surface area (Å²) >= 11 is 0. The Kier molecular flexibility index (Phi) is 3.82. The standard InChI is InChI=1S/C15H21NO/c1-3-4-5-8-12-11-15(17)13-9-6-7-10-14(13)16(12)2/h6-7,9-10,12H,3-5,8,11H2,1-2H3/t12-/m0/s1. The van der Waals surface area contributed by atoms with Crippen molar-refractivity contribution in [2.45, 2.75) is 45.1 Å². The number of nitrogens with zero attached hydrogens (tertiary/aromatic N) is 1. The van der Waals surface area contributed by atoms with Crippen molar-refractivity contribution in [1.29, 1.82) is 0 Å². The molecule has 2 rings (SSSR count). The van der Waals surface area contributed by atoms with Crippen LogP contribution in [0, 0.1) is 0 Å². The lowest BCUT2D eigenvalue weighted by molar-refractivity contribution is 0.0965. The van der Waals surface area contributed by atoms with Gasteiger partial charge in [-0.25, -0.2) is 0 Å². The van der Waals surface area contributed by atoms with Crippen LogP contribution in [0.1, 0.15) is 49.4 Å². The average Bonchev–Trinajstić information content (AvgIpc) is 2.36. The van der Waals surface area contributed by atoms with E-state index >= 15 is 0 Å². The Morgan fingerprint density at radius 1 is 1.29 bits per heavy atom. The maximum Gasteiger partial charge on any atom is 0.167 e. The molecule has 1 aliphatic rings. The molecule has 92 valence electrons. The zero-order valence-electron chi connectivity index (χ0n) is 10.8. The van der Waals surface area contributed by atoms with Gasteiger partial charge in [-0.15, -0.1) is 0 Å². The minimum absolute atomic E-state index is 0.306. The topological polar surface area (TPSA) is 20.3 Å². The van der Waals surface area contributed by atoms with Crippen LogP contribution >= 0.6 is 0 Å². The molecule has 0 saturated heterocycles. The third-order valence-corrected chi connectivity index (χ3v) is 3.69. The van der Waals surface area contributed by atoms with Crippen LogP contribution in [0.15, 0.2) is 24.3 Å². The highest BCUT2D eigenvalue weighted by atomic mass is 16.1. The molecule has 0 bridgehead atoms. The fourth-order valence-electron chi connectivity index (χ4n) is 2.60. The van der Waals surface area contributed by atoms with Crippen LogP contribution in [-0.4, -0.2) is 18.9 Å². The number of unbranched alkanes of at least 4 members (excludes halogenated alkanes) is 2. The predicted molar refractivity (Wildman–Crippen MR) is 71.7 cm³/mol. The number of para-hydroxylation sites is 1. The minimum atomic E-state index is 0.306. The second-order valence-corrected chi connectivity index (χ2v) is 4.90. The lowest BCUT2D eigenvalue weighted by Crippen LogP contribution is -2.38. The van der Waals surface area contributed by atoms with Gasteiger partial charge in [0.2, 0.25) is 0 Å². The summed E-state index contributed by atoms with van der Waals surface area (Å²) in [6.45, 7) is 2.21. The summed E-state index contributed by atoms with van der Waals surface area (Å²) in [4.78, 5) is 14.3. The van der Waals surface area contributed by atoms with Crippen LogP contribution in [0.4, 0.5) is 5.69 Å². The first-order chi connectivity index (χ1) is 8.24. The highest BCUT2D eigenvalue weighted by Gasteiger charge is 2.27. The molecule has 0 unspecified atom stereocenters. The lowest BCUT2D eigenvalue weighted by Gasteiger charge is -2.35. The third kappa shape index (κ3) is 2.51. The van der Waals surface area contributed by atoms with Gasteiger partial charge in [-0.1, -0.05) is 38.3 Å². The molecule has 0 radical (unpaired) electrons. The summed E-state index contributed by atoms with van der Waals surface area (Å²) in [6.07, 6.45) is 5.53. The number of Topliss-reactive ketones (excluding diaryl/α,β-unsaturated/α-hetero) is 1. The van der Waals surface area contributed by atoms with Crippen LogP contribution in [0.2, 0.25) is 0 Å². The van der Waals surface area contributed by atoms with E-state index in [1.807, 2.05) is 18.2 Å². The zero-order chi connectivity index (χ0) is 12.3. The number of anilines is 1. The van der Waals surface area contributed by atoms with Crippen molar-refractivity contribution in [2.75, 3.05) is 11.9 Å². The van der Waals surface area contributed by atoms with E-state index in [1.54, 1.807) is 0 Å².